The first-order chi connectivity index (χ1) is 5.83. The summed E-state index contributed by atoms with van der Waals surface area (Å²) in [4.78, 5) is 10.6. The van der Waals surface area contributed by atoms with Crippen LogP contribution in [0.3, 0.4) is 0 Å². The van der Waals surface area contributed by atoms with Gasteiger partial charge in [-0.2, -0.15) is 0 Å². The topological polar surface area (TPSA) is 29.1 Å². The lowest BCUT2D eigenvalue weighted by Crippen LogP contribution is -2.02. The number of rotatable bonds is 1. The molecule has 0 aliphatic carbocycles. The van der Waals surface area contributed by atoms with Crippen molar-refractivity contribution in [2.75, 3.05) is 11.9 Å². The summed E-state index contributed by atoms with van der Waals surface area (Å²) in [6.45, 7) is 0.669. The van der Waals surface area contributed by atoms with Crippen LogP contribution in [0.25, 0.3) is 0 Å². The van der Waals surface area contributed by atoms with Gasteiger partial charge in [0.25, 0.3) is 0 Å². The van der Waals surface area contributed by atoms with Crippen LogP contribution in [0.5, 0.6) is 0 Å². The van der Waals surface area contributed by atoms with E-state index in [4.69, 9.17) is 11.6 Å². The second-order valence-corrected chi connectivity index (χ2v) is 3.23. The maximum Gasteiger partial charge on any atom is 0.129 e. The number of benzene rings is 1. The summed E-state index contributed by atoms with van der Waals surface area (Å²) >= 11 is 5.91. The second kappa shape index (κ2) is 2.79. The zero-order valence-electron chi connectivity index (χ0n) is 6.38. The lowest BCUT2D eigenvalue weighted by molar-refractivity contribution is -0.108. The summed E-state index contributed by atoms with van der Waals surface area (Å²) in [6.07, 6.45) is 0.954. The van der Waals surface area contributed by atoms with E-state index >= 15 is 0 Å². The third-order valence-corrected chi connectivity index (χ3v) is 2.42. The maximum absolute atomic E-state index is 10.6. The highest BCUT2D eigenvalue weighted by Gasteiger charge is 2.22. The Labute approximate surface area is 75.5 Å². The molecule has 1 heterocycles. The van der Waals surface area contributed by atoms with Crippen molar-refractivity contribution in [1.29, 1.82) is 0 Å². The molecule has 0 spiro atoms. The van der Waals surface area contributed by atoms with Crippen molar-refractivity contribution in [2.45, 2.75) is 5.92 Å². The maximum atomic E-state index is 10.6. The van der Waals surface area contributed by atoms with E-state index in [9.17, 15) is 4.79 Å². The summed E-state index contributed by atoms with van der Waals surface area (Å²) in [5.74, 6) is -0.0290. The average molecular weight is 182 g/mol. The number of anilines is 1. The highest BCUT2D eigenvalue weighted by molar-refractivity contribution is 6.33. The van der Waals surface area contributed by atoms with E-state index in [2.05, 4.69) is 5.32 Å². The Morgan fingerprint density at radius 1 is 1.58 bits per heavy atom. The smallest absolute Gasteiger partial charge is 0.129 e. The summed E-state index contributed by atoms with van der Waals surface area (Å²) in [7, 11) is 0. The standard InChI is InChI=1S/C9H8ClNO/c10-8-3-1-2-7-6(5-12)4-11-9(7)8/h1-3,5-6,11H,4H2. The second-order valence-electron chi connectivity index (χ2n) is 2.83. The number of carbonyl (C=O) groups excluding carboxylic acids is 1. The molecule has 62 valence electrons. The third-order valence-electron chi connectivity index (χ3n) is 2.11. The zero-order chi connectivity index (χ0) is 8.55. The fourth-order valence-electron chi connectivity index (χ4n) is 1.48. The Morgan fingerprint density at radius 3 is 3.17 bits per heavy atom. The van der Waals surface area contributed by atoms with Gasteiger partial charge >= 0.3 is 0 Å². The molecule has 2 rings (SSSR count). The van der Waals surface area contributed by atoms with E-state index in [1.165, 1.54) is 0 Å². The Hall–Kier alpha value is -1.02. The summed E-state index contributed by atoms with van der Waals surface area (Å²) in [5.41, 5.74) is 1.92. The highest BCUT2D eigenvalue weighted by Crippen LogP contribution is 2.35. The van der Waals surface area contributed by atoms with Crippen LogP contribution in [0.4, 0.5) is 5.69 Å². The number of para-hydroxylation sites is 1. The Morgan fingerprint density at radius 2 is 2.42 bits per heavy atom. The molecule has 2 nitrogen and oxygen atoms in total. The van der Waals surface area contributed by atoms with Crippen LogP contribution in [0, 0.1) is 0 Å². The van der Waals surface area contributed by atoms with Crippen LogP contribution in [0.15, 0.2) is 18.2 Å². The normalized spacial score (nSPS) is 19.9. The number of hydrogen-bond acceptors (Lipinski definition) is 2. The van der Waals surface area contributed by atoms with Crippen molar-refractivity contribution in [3.63, 3.8) is 0 Å². The van der Waals surface area contributed by atoms with E-state index in [0.29, 0.717) is 11.6 Å². The predicted molar refractivity (Wildman–Crippen MR) is 48.7 cm³/mol. The minimum absolute atomic E-state index is 0.0290. The van der Waals surface area contributed by atoms with Crippen LogP contribution >= 0.6 is 11.6 Å². The van der Waals surface area contributed by atoms with Gasteiger partial charge in [-0.05, 0) is 11.6 Å². The number of fused-ring (bicyclic) bond motifs is 1. The van der Waals surface area contributed by atoms with Crippen molar-refractivity contribution >= 4 is 23.6 Å². The first-order valence-corrected chi connectivity index (χ1v) is 4.18. The fraction of sp³-hybridized carbons (Fsp3) is 0.222. The number of nitrogens with one attached hydrogen (secondary N) is 1. The molecule has 1 aromatic rings. The highest BCUT2D eigenvalue weighted by atomic mass is 35.5. The lowest BCUT2D eigenvalue weighted by atomic mass is 10.0. The predicted octanol–water partition coefficient (Wildman–Crippen LogP) is 2.05. The van der Waals surface area contributed by atoms with Crippen LogP contribution in [-0.2, 0) is 4.79 Å². The Bertz CT molecular complexity index is 324. The molecule has 0 radical (unpaired) electrons. The van der Waals surface area contributed by atoms with E-state index in [0.717, 1.165) is 17.5 Å². The van der Waals surface area contributed by atoms with Crippen molar-refractivity contribution in [2.24, 2.45) is 0 Å². The van der Waals surface area contributed by atoms with E-state index in [-0.39, 0.29) is 5.92 Å². The van der Waals surface area contributed by atoms with E-state index in [1.54, 1.807) is 0 Å². The van der Waals surface area contributed by atoms with Gasteiger partial charge in [-0.25, -0.2) is 0 Å². The van der Waals surface area contributed by atoms with Gasteiger partial charge < -0.3 is 10.1 Å². The molecule has 0 aromatic heterocycles. The quantitative estimate of drug-likeness (QED) is 0.672. The molecule has 12 heavy (non-hydrogen) atoms. The molecular weight excluding hydrogens is 174 g/mol. The number of halogens is 1. The van der Waals surface area contributed by atoms with Gasteiger partial charge in [0.15, 0.2) is 0 Å². The number of carbonyl (C=O) groups is 1. The Balaban J connectivity index is 2.52. The third kappa shape index (κ3) is 0.994. The van der Waals surface area contributed by atoms with Crippen molar-refractivity contribution in [1.82, 2.24) is 0 Å². The van der Waals surface area contributed by atoms with E-state index in [1.807, 2.05) is 18.2 Å². The first kappa shape index (κ1) is 7.62. The molecule has 0 saturated carbocycles. The Kier molecular flexibility index (Phi) is 1.77. The molecule has 0 bridgehead atoms. The summed E-state index contributed by atoms with van der Waals surface area (Å²) < 4.78 is 0. The average Bonchev–Trinajstić information content (AvgIpc) is 2.49. The van der Waals surface area contributed by atoms with Gasteiger partial charge in [0.2, 0.25) is 0 Å². The van der Waals surface area contributed by atoms with Crippen LogP contribution in [0.1, 0.15) is 11.5 Å². The van der Waals surface area contributed by atoms with Crippen molar-refractivity contribution < 1.29 is 4.79 Å². The lowest BCUT2D eigenvalue weighted by Gasteiger charge is -2.01. The molecule has 0 fully saturated rings. The van der Waals surface area contributed by atoms with Gasteiger partial charge in [0.05, 0.1) is 16.6 Å². The molecule has 1 aliphatic heterocycles. The number of aldehydes is 1. The van der Waals surface area contributed by atoms with E-state index < -0.39 is 0 Å². The SMILES string of the molecule is O=CC1CNc2c(Cl)cccc21. The molecule has 3 heteroatoms. The van der Waals surface area contributed by atoms with Gasteiger partial charge in [-0.3, -0.25) is 0 Å². The summed E-state index contributed by atoms with van der Waals surface area (Å²) in [5, 5.41) is 3.80. The van der Waals surface area contributed by atoms with Crippen LogP contribution in [-0.4, -0.2) is 12.8 Å². The summed E-state index contributed by atoms with van der Waals surface area (Å²) in [6, 6.07) is 5.62. The van der Waals surface area contributed by atoms with Gasteiger partial charge in [0.1, 0.15) is 6.29 Å². The van der Waals surface area contributed by atoms with Gasteiger partial charge in [0, 0.05) is 6.54 Å². The fourth-order valence-corrected chi connectivity index (χ4v) is 1.73. The van der Waals surface area contributed by atoms with Gasteiger partial charge in [-0.15, -0.1) is 0 Å². The van der Waals surface area contributed by atoms with Gasteiger partial charge in [-0.1, -0.05) is 23.7 Å². The minimum atomic E-state index is -0.0290. The number of hydrogen-bond donors (Lipinski definition) is 1. The molecule has 0 amide bonds. The monoisotopic (exact) mass is 181 g/mol. The van der Waals surface area contributed by atoms with Crippen molar-refractivity contribution in [3.8, 4) is 0 Å². The molecule has 1 aromatic carbocycles. The molecule has 1 atom stereocenters. The molecule has 1 N–H and O–H groups in total. The zero-order valence-corrected chi connectivity index (χ0v) is 7.14. The molecule has 1 unspecified atom stereocenters. The van der Waals surface area contributed by atoms with Crippen LogP contribution < -0.4 is 5.32 Å². The van der Waals surface area contributed by atoms with Crippen LogP contribution in [0.2, 0.25) is 5.02 Å². The minimum Gasteiger partial charge on any atom is -0.383 e. The first-order valence-electron chi connectivity index (χ1n) is 3.80. The molecule has 1 aliphatic rings. The molecule has 0 saturated heterocycles. The molecular formula is C9H8ClNO. The largest absolute Gasteiger partial charge is 0.383 e. The van der Waals surface area contributed by atoms with Crippen molar-refractivity contribution in [3.05, 3.63) is 28.8 Å².